The minimum atomic E-state index is -0.109. The van der Waals surface area contributed by atoms with E-state index in [-0.39, 0.29) is 11.9 Å². The molecule has 6 nitrogen and oxygen atoms in total. The maximum atomic E-state index is 11.1. The lowest BCUT2D eigenvalue weighted by atomic mass is 10.1. The zero-order chi connectivity index (χ0) is 15.7. The highest BCUT2D eigenvalue weighted by Gasteiger charge is 2.12. The van der Waals surface area contributed by atoms with Gasteiger partial charge in [0.15, 0.2) is 0 Å². The number of rotatable bonds is 9. The standard InChI is InChI=1S/C15H25N3O3/c1-11(19)17-12-6-7-15(21-3)14(9-12)18-13(10-20-2)5-4-8-16/h6-7,9,13,18H,4-5,8,10,16H2,1-3H3,(H,17,19). The van der Waals surface area contributed by atoms with Gasteiger partial charge in [-0.15, -0.1) is 0 Å². The Bertz CT molecular complexity index is 452. The van der Waals surface area contributed by atoms with Gasteiger partial charge in [-0.2, -0.15) is 0 Å². The average Bonchev–Trinajstić information content (AvgIpc) is 2.44. The highest BCUT2D eigenvalue weighted by Crippen LogP contribution is 2.29. The molecule has 1 aromatic carbocycles. The summed E-state index contributed by atoms with van der Waals surface area (Å²) in [4.78, 5) is 11.1. The van der Waals surface area contributed by atoms with E-state index in [0.717, 1.165) is 30.0 Å². The molecule has 0 aromatic heterocycles. The number of hydrogen-bond donors (Lipinski definition) is 3. The molecule has 1 aromatic rings. The highest BCUT2D eigenvalue weighted by atomic mass is 16.5. The number of hydrogen-bond acceptors (Lipinski definition) is 5. The molecule has 0 saturated heterocycles. The van der Waals surface area contributed by atoms with Crippen molar-refractivity contribution in [1.29, 1.82) is 0 Å². The molecule has 0 aliphatic rings. The number of ether oxygens (including phenoxy) is 2. The third-order valence-electron chi connectivity index (χ3n) is 3.00. The molecule has 0 heterocycles. The molecule has 118 valence electrons. The van der Waals surface area contributed by atoms with Crippen molar-refractivity contribution >= 4 is 17.3 Å². The van der Waals surface area contributed by atoms with Gasteiger partial charge in [0, 0.05) is 25.8 Å². The number of amides is 1. The van der Waals surface area contributed by atoms with Gasteiger partial charge in [-0.3, -0.25) is 4.79 Å². The SMILES string of the molecule is COCC(CCCN)Nc1cc(NC(C)=O)ccc1OC. The van der Waals surface area contributed by atoms with Crippen LogP contribution in [-0.2, 0) is 9.53 Å². The molecule has 0 bridgehead atoms. The number of anilines is 2. The Labute approximate surface area is 126 Å². The van der Waals surface area contributed by atoms with Crippen LogP contribution in [-0.4, -0.2) is 39.3 Å². The molecular weight excluding hydrogens is 270 g/mol. The van der Waals surface area contributed by atoms with E-state index >= 15 is 0 Å². The fourth-order valence-corrected chi connectivity index (χ4v) is 2.08. The predicted molar refractivity (Wildman–Crippen MR) is 84.9 cm³/mol. The lowest BCUT2D eigenvalue weighted by molar-refractivity contribution is -0.114. The van der Waals surface area contributed by atoms with Gasteiger partial charge in [-0.25, -0.2) is 0 Å². The van der Waals surface area contributed by atoms with E-state index in [4.69, 9.17) is 15.2 Å². The van der Waals surface area contributed by atoms with E-state index in [1.165, 1.54) is 6.92 Å². The quantitative estimate of drug-likeness (QED) is 0.647. The van der Waals surface area contributed by atoms with E-state index in [0.29, 0.717) is 13.2 Å². The first kappa shape index (κ1) is 17.3. The summed E-state index contributed by atoms with van der Waals surface area (Å²) < 4.78 is 10.6. The van der Waals surface area contributed by atoms with Crippen LogP contribution in [0.15, 0.2) is 18.2 Å². The first-order valence-electron chi connectivity index (χ1n) is 7.01. The maximum Gasteiger partial charge on any atom is 0.221 e. The van der Waals surface area contributed by atoms with Crippen molar-refractivity contribution < 1.29 is 14.3 Å². The minimum absolute atomic E-state index is 0.109. The number of carbonyl (C=O) groups is 1. The Hall–Kier alpha value is -1.79. The summed E-state index contributed by atoms with van der Waals surface area (Å²) in [6.45, 7) is 2.70. The molecular formula is C15H25N3O3. The lowest BCUT2D eigenvalue weighted by Gasteiger charge is -2.21. The van der Waals surface area contributed by atoms with Crippen LogP contribution < -0.4 is 21.1 Å². The Kier molecular flexibility index (Phi) is 7.56. The van der Waals surface area contributed by atoms with E-state index < -0.39 is 0 Å². The Balaban J connectivity index is 2.87. The van der Waals surface area contributed by atoms with Crippen LogP contribution >= 0.6 is 0 Å². The second-order valence-electron chi connectivity index (χ2n) is 4.82. The predicted octanol–water partition coefficient (Wildman–Crippen LogP) is 1.82. The molecule has 0 radical (unpaired) electrons. The molecule has 0 aliphatic heterocycles. The van der Waals surface area contributed by atoms with E-state index in [1.54, 1.807) is 20.3 Å². The molecule has 1 rings (SSSR count). The summed E-state index contributed by atoms with van der Waals surface area (Å²) in [5.41, 5.74) is 7.11. The van der Waals surface area contributed by atoms with Crippen molar-refractivity contribution in [2.75, 3.05) is 38.0 Å². The second kappa shape index (κ2) is 9.20. The van der Waals surface area contributed by atoms with E-state index in [9.17, 15) is 4.79 Å². The van der Waals surface area contributed by atoms with Crippen LogP contribution in [0.5, 0.6) is 5.75 Å². The topological polar surface area (TPSA) is 85.6 Å². The largest absolute Gasteiger partial charge is 0.495 e. The van der Waals surface area contributed by atoms with Crippen molar-refractivity contribution in [2.45, 2.75) is 25.8 Å². The summed E-state index contributed by atoms with van der Waals surface area (Å²) in [5.74, 6) is 0.612. The highest BCUT2D eigenvalue weighted by molar-refractivity contribution is 5.89. The number of methoxy groups -OCH3 is 2. The molecule has 0 aliphatic carbocycles. The van der Waals surface area contributed by atoms with Crippen LogP contribution in [0.25, 0.3) is 0 Å². The summed E-state index contributed by atoms with van der Waals surface area (Å²) >= 11 is 0. The van der Waals surface area contributed by atoms with Crippen LogP contribution in [0.1, 0.15) is 19.8 Å². The molecule has 1 atom stereocenters. The molecule has 0 spiro atoms. The molecule has 4 N–H and O–H groups in total. The van der Waals surface area contributed by atoms with Gasteiger partial charge in [0.1, 0.15) is 5.75 Å². The summed E-state index contributed by atoms with van der Waals surface area (Å²) in [7, 11) is 3.28. The first-order valence-corrected chi connectivity index (χ1v) is 7.01. The van der Waals surface area contributed by atoms with Gasteiger partial charge in [0.25, 0.3) is 0 Å². The first-order chi connectivity index (χ1) is 10.1. The maximum absolute atomic E-state index is 11.1. The molecule has 0 fully saturated rings. The normalized spacial score (nSPS) is 11.8. The van der Waals surface area contributed by atoms with Crippen molar-refractivity contribution in [2.24, 2.45) is 5.73 Å². The van der Waals surface area contributed by atoms with Crippen molar-refractivity contribution in [1.82, 2.24) is 0 Å². The zero-order valence-electron chi connectivity index (χ0n) is 12.9. The number of nitrogens with one attached hydrogen (secondary N) is 2. The van der Waals surface area contributed by atoms with Gasteiger partial charge >= 0.3 is 0 Å². The van der Waals surface area contributed by atoms with E-state index in [2.05, 4.69) is 10.6 Å². The average molecular weight is 295 g/mol. The van der Waals surface area contributed by atoms with Gasteiger partial charge in [-0.1, -0.05) is 0 Å². The van der Waals surface area contributed by atoms with E-state index in [1.807, 2.05) is 12.1 Å². The van der Waals surface area contributed by atoms with Crippen molar-refractivity contribution in [3.05, 3.63) is 18.2 Å². The summed E-state index contributed by atoms with van der Waals surface area (Å²) in [6.07, 6.45) is 1.81. The van der Waals surface area contributed by atoms with Gasteiger partial charge in [0.05, 0.1) is 19.4 Å². The van der Waals surface area contributed by atoms with Crippen LogP contribution in [0.3, 0.4) is 0 Å². The van der Waals surface area contributed by atoms with Crippen LogP contribution in [0.2, 0.25) is 0 Å². The molecule has 6 heteroatoms. The number of nitrogens with two attached hydrogens (primary N) is 1. The van der Waals surface area contributed by atoms with Gasteiger partial charge in [0.2, 0.25) is 5.91 Å². The number of carbonyl (C=O) groups excluding carboxylic acids is 1. The monoisotopic (exact) mass is 295 g/mol. The minimum Gasteiger partial charge on any atom is -0.495 e. The molecule has 21 heavy (non-hydrogen) atoms. The third-order valence-corrected chi connectivity index (χ3v) is 3.00. The van der Waals surface area contributed by atoms with Crippen LogP contribution in [0.4, 0.5) is 11.4 Å². The molecule has 1 amide bonds. The fraction of sp³-hybridized carbons (Fsp3) is 0.533. The van der Waals surface area contributed by atoms with Crippen molar-refractivity contribution in [3.63, 3.8) is 0 Å². The lowest BCUT2D eigenvalue weighted by Crippen LogP contribution is -2.26. The van der Waals surface area contributed by atoms with Gasteiger partial charge in [-0.05, 0) is 37.6 Å². The fourth-order valence-electron chi connectivity index (χ4n) is 2.08. The smallest absolute Gasteiger partial charge is 0.221 e. The van der Waals surface area contributed by atoms with Gasteiger partial charge < -0.3 is 25.8 Å². The molecule has 0 saturated carbocycles. The zero-order valence-corrected chi connectivity index (χ0v) is 12.9. The Morgan fingerprint density at radius 3 is 2.71 bits per heavy atom. The third kappa shape index (κ3) is 6.01. The molecule has 1 unspecified atom stereocenters. The number of benzene rings is 1. The summed E-state index contributed by atoms with van der Waals surface area (Å²) in [6, 6.07) is 5.61. The van der Waals surface area contributed by atoms with Crippen molar-refractivity contribution in [3.8, 4) is 5.75 Å². The van der Waals surface area contributed by atoms with Crippen LogP contribution in [0, 0.1) is 0 Å². The Morgan fingerprint density at radius 2 is 2.14 bits per heavy atom. The second-order valence-corrected chi connectivity index (χ2v) is 4.82. The summed E-state index contributed by atoms with van der Waals surface area (Å²) in [5, 5.41) is 6.15. The Morgan fingerprint density at radius 1 is 1.38 bits per heavy atom.